The number of likely N-dealkylation sites (tertiary alicyclic amines) is 1. The molecule has 4 aliphatic rings. The van der Waals surface area contributed by atoms with Crippen LogP contribution in [0, 0.1) is 17.8 Å². The molecule has 4 heterocycles. The third kappa shape index (κ3) is 4.51. The Kier molecular flexibility index (Phi) is 8.72. The van der Waals surface area contributed by atoms with Crippen LogP contribution in [0.2, 0.25) is 0 Å². The fourth-order valence-corrected chi connectivity index (χ4v) is 7.14. The van der Waals surface area contributed by atoms with Crippen molar-refractivity contribution in [2.45, 2.75) is 109 Å². The first-order valence-corrected chi connectivity index (χ1v) is 14.7. The number of carbonyl (C=O) groups is 3. The molecule has 4 aliphatic heterocycles. The Morgan fingerprint density at radius 2 is 1.82 bits per heavy atom. The van der Waals surface area contributed by atoms with Crippen molar-refractivity contribution in [3.8, 4) is 0 Å². The van der Waals surface area contributed by atoms with E-state index in [1.165, 1.54) is 0 Å². The molecule has 8 heteroatoms. The summed E-state index contributed by atoms with van der Waals surface area (Å²) in [7, 11) is 0. The van der Waals surface area contributed by atoms with Crippen LogP contribution >= 0.6 is 0 Å². The van der Waals surface area contributed by atoms with E-state index in [-0.39, 0.29) is 30.4 Å². The van der Waals surface area contributed by atoms with Crippen molar-refractivity contribution >= 4 is 17.8 Å². The molecule has 212 valence electrons. The highest BCUT2D eigenvalue weighted by Crippen LogP contribution is 2.58. The average molecular weight is 531 g/mol. The van der Waals surface area contributed by atoms with Crippen LogP contribution in [0.3, 0.4) is 0 Å². The predicted molar refractivity (Wildman–Crippen MR) is 144 cm³/mol. The van der Waals surface area contributed by atoms with Gasteiger partial charge in [0.15, 0.2) is 0 Å². The Bertz CT molecular complexity index is 964. The maximum absolute atomic E-state index is 14.5. The zero-order valence-corrected chi connectivity index (χ0v) is 23.7. The topological polar surface area (TPSA) is 96.4 Å². The van der Waals surface area contributed by atoms with Crippen LogP contribution in [0.15, 0.2) is 24.3 Å². The van der Waals surface area contributed by atoms with Gasteiger partial charge in [-0.25, -0.2) is 0 Å². The molecule has 2 amide bonds. The van der Waals surface area contributed by atoms with Gasteiger partial charge in [0, 0.05) is 12.6 Å². The van der Waals surface area contributed by atoms with Gasteiger partial charge < -0.3 is 24.4 Å². The van der Waals surface area contributed by atoms with Crippen molar-refractivity contribution in [2.24, 2.45) is 17.8 Å². The number of ether oxygens (including phenoxy) is 2. The predicted octanol–water partition coefficient (Wildman–Crippen LogP) is 3.62. The van der Waals surface area contributed by atoms with Crippen LogP contribution in [0.1, 0.15) is 79.6 Å². The largest absolute Gasteiger partial charge is 0.465 e. The molecule has 4 rings (SSSR count). The summed E-state index contributed by atoms with van der Waals surface area (Å²) in [6, 6.07) is -1.55. The Hall–Kier alpha value is -2.19. The van der Waals surface area contributed by atoms with E-state index in [1.54, 1.807) is 4.90 Å². The maximum Gasteiger partial charge on any atom is 0.313 e. The van der Waals surface area contributed by atoms with Crippen LogP contribution < -0.4 is 0 Å². The van der Waals surface area contributed by atoms with Crippen LogP contribution in [-0.2, 0) is 23.9 Å². The quantitative estimate of drug-likeness (QED) is 0.380. The molecule has 1 spiro atoms. The van der Waals surface area contributed by atoms with E-state index < -0.39 is 41.1 Å². The smallest absolute Gasteiger partial charge is 0.313 e. The summed E-state index contributed by atoms with van der Waals surface area (Å²) in [6.07, 6.45) is 13.3. The second-order valence-electron chi connectivity index (χ2n) is 11.6. The second-order valence-corrected chi connectivity index (χ2v) is 11.6. The van der Waals surface area contributed by atoms with Crippen LogP contribution in [0.4, 0.5) is 0 Å². The number of aliphatic hydroxyl groups is 1. The molecule has 0 aromatic rings. The Labute approximate surface area is 227 Å². The fourth-order valence-electron chi connectivity index (χ4n) is 7.14. The summed E-state index contributed by atoms with van der Waals surface area (Å²) < 4.78 is 12.7. The number of hydrogen-bond donors (Lipinski definition) is 1. The fraction of sp³-hybridized carbons (Fsp3) is 0.767. The monoisotopic (exact) mass is 530 g/mol. The minimum Gasteiger partial charge on any atom is -0.465 e. The number of fused-ring (bicyclic) bond motifs is 2. The van der Waals surface area contributed by atoms with Gasteiger partial charge in [0.1, 0.15) is 23.2 Å². The molecular formula is C30H46N2O6. The third-order valence-corrected chi connectivity index (χ3v) is 9.44. The Balaban J connectivity index is 1.92. The number of carbonyl (C=O) groups excluding carboxylic acids is 3. The van der Waals surface area contributed by atoms with E-state index >= 15 is 0 Å². The van der Waals surface area contributed by atoms with Gasteiger partial charge in [0.25, 0.3) is 0 Å². The molecule has 0 bridgehead atoms. The number of esters is 1. The molecule has 0 aromatic carbocycles. The molecule has 1 N–H and O–H groups in total. The number of cyclic esters (lactones) is 1. The lowest BCUT2D eigenvalue weighted by Gasteiger charge is -2.43. The van der Waals surface area contributed by atoms with Gasteiger partial charge >= 0.3 is 5.97 Å². The molecule has 2 unspecified atom stereocenters. The van der Waals surface area contributed by atoms with Crippen molar-refractivity contribution in [1.29, 1.82) is 0 Å². The second kappa shape index (κ2) is 11.5. The number of amides is 2. The highest BCUT2D eigenvalue weighted by molar-refractivity contribution is 5.99. The number of rotatable bonds is 8. The molecule has 38 heavy (non-hydrogen) atoms. The van der Waals surface area contributed by atoms with Crippen molar-refractivity contribution in [3.05, 3.63) is 24.3 Å². The minimum atomic E-state index is -1.33. The van der Waals surface area contributed by atoms with E-state index in [0.717, 1.165) is 38.5 Å². The molecule has 0 saturated carbocycles. The first-order valence-electron chi connectivity index (χ1n) is 14.7. The van der Waals surface area contributed by atoms with Gasteiger partial charge in [0.2, 0.25) is 11.8 Å². The summed E-state index contributed by atoms with van der Waals surface area (Å²) >= 11 is 0. The van der Waals surface area contributed by atoms with E-state index in [0.29, 0.717) is 19.6 Å². The highest BCUT2D eigenvalue weighted by atomic mass is 16.6. The lowest BCUT2D eigenvalue weighted by Crippen LogP contribution is -2.60. The number of aliphatic hydroxyl groups excluding tert-OH is 1. The van der Waals surface area contributed by atoms with Crippen molar-refractivity contribution in [3.63, 3.8) is 0 Å². The average Bonchev–Trinajstić information content (AvgIpc) is 3.26. The van der Waals surface area contributed by atoms with Gasteiger partial charge in [-0.05, 0) is 44.9 Å². The SMILES string of the molecule is CCCC(C)N1CC=C[C@]23O[C@]4(CC)/C=C\CCCCOC(=O)[C@@H]4[C@H]2C(=O)N([C@@H](CO)[C@@H](C)CC)C3C1=O. The number of hydrogen-bond acceptors (Lipinski definition) is 6. The summed E-state index contributed by atoms with van der Waals surface area (Å²) in [5, 5.41) is 10.5. The molecule has 0 aromatic heterocycles. The van der Waals surface area contributed by atoms with Gasteiger partial charge in [-0.15, -0.1) is 0 Å². The first kappa shape index (κ1) is 28.8. The maximum atomic E-state index is 14.5. The van der Waals surface area contributed by atoms with Crippen molar-refractivity contribution in [2.75, 3.05) is 19.8 Å². The van der Waals surface area contributed by atoms with Gasteiger partial charge in [-0.3, -0.25) is 14.4 Å². The zero-order valence-electron chi connectivity index (χ0n) is 23.7. The van der Waals surface area contributed by atoms with Gasteiger partial charge in [-0.1, -0.05) is 64.8 Å². The molecule has 0 radical (unpaired) electrons. The van der Waals surface area contributed by atoms with Gasteiger partial charge in [0.05, 0.1) is 25.2 Å². The molecular weight excluding hydrogens is 484 g/mol. The summed E-state index contributed by atoms with van der Waals surface area (Å²) in [5.74, 6) is -2.77. The van der Waals surface area contributed by atoms with Crippen LogP contribution in [0.25, 0.3) is 0 Å². The molecule has 8 atom stereocenters. The van der Waals surface area contributed by atoms with Crippen molar-refractivity contribution < 1.29 is 29.0 Å². The lowest BCUT2D eigenvalue weighted by molar-refractivity contribution is -0.164. The third-order valence-electron chi connectivity index (χ3n) is 9.44. The molecule has 8 nitrogen and oxygen atoms in total. The standard InChI is InChI=1S/C30H46N2O6/c1-6-14-21(5)31-17-13-16-30-23(26(34)32(25(30)27(31)35)22(19-33)20(4)7-2)24-28(36)37-18-12-10-9-11-15-29(24,8-3)38-30/h11,13,15-16,20-25,33H,6-10,12,14,17-19H2,1-5H3/b15-11-/t20-,21?,22-,23-,24-,25?,29+,30-/m0/s1. The lowest BCUT2D eigenvalue weighted by atomic mass is 9.73. The summed E-state index contributed by atoms with van der Waals surface area (Å²) in [4.78, 5) is 46.2. The highest BCUT2D eigenvalue weighted by Gasteiger charge is 2.76. The van der Waals surface area contributed by atoms with Gasteiger partial charge in [-0.2, -0.15) is 0 Å². The molecule has 0 aliphatic carbocycles. The van der Waals surface area contributed by atoms with Crippen LogP contribution in [0.5, 0.6) is 0 Å². The Morgan fingerprint density at radius 3 is 2.47 bits per heavy atom. The summed E-state index contributed by atoms with van der Waals surface area (Å²) in [6.45, 7) is 10.5. The van der Waals surface area contributed by atoms with E-state index in [9.17, 15) is 19.5 Å². The van der Waals surface area contributed by atoms with Crippen LogP contribution in [-0.4, -0.2) is 81.8 Å². The first-order chi connectivity index (χ1) is 18.2. The Morgan fingerprint density at radius 1 is 1.05 bits per heavy atom. The number of allylic oxidation sites excluding steroid dienone is 1. The molecule has 2 saturated heterocycles. The number of nitrogens with zero attached hydrogens (tertiary/aromatic N) is 2. The van der Waals surface area contributed by atoms with E-state index in [2.05, 4.69) is 13.0 Å². The summed E-state index contributed by atoms with van der Waals surface area (Å²) in [5.41, 5.74) is -2.38. The van der Waals surface area contributed by atoms with Crippen molar-refractivity contribution in [1.82, 2.24) is 9.80 Å². The zero-order chi connectivity index (χ0) is 27.7. The van der Waals surface area contributed by atoms with E-state index in [1.807, 2.05) is 50.8 Å². The normalized spacial score (nSPS) is 36.6. The minimum absolute atomic E-state index is 0.0217. The molecule has 2 fully saturated rings. The van der Waals surface area contributed by atoms with E-state index in [4.69, 9.17) is 9.47 Å².